The molecule has 1 aromatic heterocycles. The number of rotatable bonds is 7. The summed E-state index contributed by atoms with van der Waals surface area (Å²) in [6, 6.07) is 0.450. The molecule has 0 spiro atoms. The third-order valence-corrected chi connectivity index (χ3v) is 4.23. The van der Waals surface area contributed by atoms with Gasteiger partial charge in [-0.15, -0.1) is 0 Å². The van der Waals surface area contributed by atoms with Crippen molar-refractivity contribution in [3.8, 4) is 0 Å². The van der Waals surface area contributed by atoms with E-state index in [9.17, 15) is 4.79 Å². The minimum absolute atomic E-state index is 0.144. The quantitative estimate of drug-likeness (QED) is 0.838. The van der Waals surface area contributed by atoms with Gasteiger partial charge in [0, 0.05) is 32.0 Å². The number of piperidine rings is 1. The van der Waals surface area contributed by atoms with E-state index < -0.39 is 0 Å². The van der Waals surface area contributed by atoms with Crippen molar-refractivity contribution in [2.75, 3.05) is 13.1 Å². The summed E-state index contributed by atoms with van der Waals surface area (Å²) in [4.78, 5) is 18.5. The molecular weight excluding hydrogens is 280 g/mol. The van der Waals surface area contributed by atoms with Crippen molar-refractivity contribution in [3.63, 3.8) is 0 Å². The molecule has 0 aliphatic carbocycles. The molecule has 1 saturated heterocycles. The van der Waals surface area contributed by atoms with E-state index >= 15 is 0 Å². The van der Waals surface area contributed by atoms with Gasteiger partial charge < -0.3 is 9.84 Å². The SMILES string of the molecule is CCCC(=O)NC1CCN([C@H](C)c2nc(CCC)no2)CC1. The predicted molar refractivity (Wildman–Crippen MR) is 84.4 cm³/mol. The highest BCUT2D eigenvalue weighted by Crippen LogP contribution is 2.23. The molecule has 0 bridgehead atoms. The van der Waals surface area contributed by atoms with Gasteiger partial charge in [0.05, 0.1) is 6.04 Å². The number of hydrogen-bond donors (Lipinski definition) is 1. The minimum atomic E-state index is 0.144. The number of nitrogens with one attached hydrogen (secondary N) is 1. The Morgan fingerprint density at radius 2 is 2.09 bits per heavy atom. The summed E-state index contributed by atoms with van der Waals surface area (Å²) in [5.74, 6) is 1.68. The molecule has 1 fully saturated rings. The number of carbonyl (C=O) groups excluding carboxylic acids is 1. The molecule has 1 amide bonds. The van der Waals surface area contributed by atoms with Gasteiger partial charge in [-0.2, -0.15) is 4.98 Å². The van der Waals surface area contributed by atoms with E-state index in [1.54, 1.807) is 0 Å². The smallest absolute Gasteiger partial charge is 0.243 e. The molecule has 6 nitrogen and oxygen atoms in total. The van der Waals surface area contributed by atoms with Gasteiger partial charge in [-0.3, -0.25) is 9.69 Å². The van der Waals surface area contributed by atoms with Crippen LogP contribution in [0.4, 0.5) is 0 Å². The first kappa shape index (κ1) is 16.9. The fraction of sp³-hybridized carbons (Fsp3) is 0.812. The fourth-order valence-electron chi connectivity index (χ4n) is 2.88. The van der Waals surface area contributed by atoms with Crippen LogP contribution in [0.25, 0.3) is 0 Å². The molecule has 1 aliphatic rings. The molecule has 0 aromatic carbocycles. The van der Waals surface area contributed by atoms with Crippen LogP contribution in [0.3, 0.4) is 0 Å². The topological polar surface area (TPSA) is 71.3 Å². The highest BCUT2D eigenvalue weighted by Gasteiger charge is 2.27. The second kappa shape index (κ2) is 8.27. The molecule has 1 N–H and O–H groups in total. The first-order valence-electron chi connectivity index (χ1n) is 8.49. The zero-order valence-electron chi connectivity index (χ0n) is 14.0. The van der Waals surface area contributed by atoms with E-state index in [1.165, 1.54) is 0 Å². The molecule has 124 valence electrons. The van der Waals surface area contributed by atoms with Crippen LogP contribution in [-0.4, -0.2) is 40.1 Å². The van der Waals surface area contributed by atoms with Crippen molar-refractivity contribution in [1.82, 2.24) is 20.4 Å². The molecule has 22 heavy (non-hydrogen) atoms. The van der Waals surface area contributed by atoms with Gasteiger partial charge in [-0.05, 0) is 32.6 Å². The van der Waals surface area contributed by atoms with Crippen LogP contribution in [0.2, 0.25) is 0 Å². The van der Waals surface area contributed by atoms with E-state index in [1.807, 2.05) is 6.92 Å². The highest BCUT2D eigenvalue weighted by atomic mass is 16.5. The Hall–Kier alpha value is -1.43. The molecule has 2 rings (SSSR count). The Morgan fingerprint density at radius 1 is 1.36 bits per heavy atom. The summed E-state index contributed by atoms with van der Waals surface area (Å²) in [6.07, 6.45) is 5.38. The third kappa shape index (κ3) is 4.53. The zero-order chi connectivity index (χ0) is 15.9. The molecule has 0 radical (unpaired) electrons. The molecule has 0 saturated carbocycles. The van der Waals surface area contributed by atoms with Crippen molar-refractivity contribution in [3.05, 3.63) is 11.7 Å². The molecule has 1 aliphatic heterocycles. The van der Waals surface area contributed by atoms with Gasteiger partial charge in [-0.25, -0.2) is 0 Å². The Kier molecular flexibility index (Phi) is 6.36. The average molecular weight is 308 g/mol. The van der Waals surface area contributed by atoms with Crippen molar-refractivity contribution in [1.29, 1.82) is 0 Å². The van der Waals surface area contributed by atoms with Crippen molar-refractivity contribution in [2.24, 2.45) is 0 Å². The average Bonchev–Trinajstić information content (AvgIpc) is 2.96. The second-order valence-corrected chi connectivity index (χ2v) is 6.10. The number of aryl methyl sites for hydroxylation is 1. The Balaban J connectivity index is 1.81. The van der Waals surface area contributed by atoms with E-state index in [2.05, 4.69) is 34.2 Å². The minimum Gasteiger partial charge on any atom is -0.353 e. The maximum Gasteiger partial charge on any atom is 0.243 e. The number of carbonyl (C=O) groups is 1. The monoisotopic (exact) mass is 308 g/mol. The second-order valence-electron chi connectivity index (χ2n) is 6.10. The Morgan fingerprint density at radius 3 is 2.73 bits per heavy atom. The molecule has 2 heterocycles. The van der Waals surface area contributed by atoms with E-state index in [0.29, 0.717) is 18.4 Å². The van der Waals surface area contributed by atoms with Crippen LogP contribution in [0.5, 0.6) is 0 Å². The van der Waals surface area contributed by atoms with Crippen LogP contribution >= 0.6 is 0 Å². The molecule has 0 unspecified atom stereocenters. The van der Waals surface area contributed by atoms with E-state index in [-0.39, 0.29) is 11.9 Å². The Labute approximate surface area is 132 Å². The van der Waals surface area contributed by atoms with Gasteiger partial charge in [0.25, 0.3) is 0 Å². The summed E-state index contributed by atoms with van der Waals surface area (Å²) in [5, 5.41) is 7.15. The fourth-order valence-corrected chi connectivity index (χ4v) is 2.88. The summed E-state index contributed by atoms with van der Waals surface area (Å²) in [5.41, 5.74) is 0. The van der Waals surface area contributed by atoms with Gasteiger partial charge >= 0.3 is 0 Å². The first-order valence-corrected chi connectivity index (χ1v) is 8.49. The number of hydrogen-bond acceptors (Lipinski definition) is 5. The first-order chi connectivity index (χ1) is 10.6. The third-order valence-electron chi connectivity index (χ3n) is 4.23. The van der Waals surface area contributed by atoms with Crippen LogP contribution in [0.1, 0.15) is 70.6 Å². The normalized spacial score (nSPS) is 18.3. The lowest BCUT2D eigenvalue weighted by Crippen LogP contribution is -2.45. The van der Waals surface area contributed by atoms with Gasteiger partial charge in [0.1, 0.15) is 0 Å². The van der Waals surface area contributed by atoms with Crippen molar-refractivity contribution in [2.45, 2.75) is 71.4 Å². The highest BCUT2D eigenvalue weighted by molar-refractivity contribution is 5.76. The molecular formula is C16H28N4O2. The van der Waals surface area contributed by atoms with Crippen LogP contribution < -0.4 is 5.32 Å². The number of nitrogens with zero attached hydrogens (tertiary/aromatic N) is 3. The lowest BCUT2D eigenvalue weighted by Gasteiger charge is -2.34. The van der Waals surface area contributed by atoms with Crippen LogP contribution in [0.15, 0.2) is 4.52 Å². The molecule has 1 atom stereocenters. The maximum absolute atomic E-state index is 11.7. The molecule has 6 heteroatoms. The molecule has 1 aromatic rings. The zero-order valence-corrected chi connectivity index (χ0v) is 14.0. The lowest BCUT2D eigenvalue weighted by molar-refractivity contribution is -0.122. The van der Waals surface area contributed by atoms with Gasteiger partial charge in [-0.1, -0.05) is 19.0 Å². The number of aromatic nitrogens is 2. The van der Waals surface area contributed by atoms with Crippen molar-refractivity contribution < 1.29 is 9.32 Å². The van der Waals surface area contributed by atoms with E-state index in [4.69, 9.17) is 4.52 Å². The lowest BCUT2D eigenvalue weighted by atomic mass is 10.0. The maximum atomic E-state index is 11.7. The summed E-state index contributed by atoms with van der Waals surface area (Å²) >= 11 is 0. The standard InChI is InChI=1S/C16H28N4O2/c1-4-6-14-18-16(22-19-14)12(3)20-10-8-13(9-11-20)17-15(21)7-5-2/h12-13H,4-11H2,1-3H3,(H,17,21)/t12-/m1/s1. The van der Waals surface area contributed by atoms with Gasteiger partial charge in [0.15, 0.2) is 5.82 Å². The largest absolute Gasteiger partial charge is 0.353 e. The van der Waals surface area contributed by atoms with E-state index in [0.717, 1.165) is 51.0 Å². The summed E-state index contributed by atoms with van der Waals surface area (Å²) < 4.78 is 5.38. The Bertz CT molecular complexity index is 466. The van der Waals surface area contributed by atoms with Gasteiger partial charge in [0.2, 0.25) is 11.8 Å². The number of likely N-dealkylation sites (tertiary alicyclic amines) is 1. The van der Waals surface area contributed by atoms with Crippen LogP contribution in [0, 0.1) is 0 Å². The number of amides is 1. The van der Waals surface area contributed by atoms with Crippen LogP contribution in [-0.2, 0) is 11.2 Å². The summed E-state index contributed by atoms with van der Waals surface area (Å²) in [6.45, 7) is 8.14. The van der Waals surface area contributed by atoms with Crippen molar-refractivity contribution >= 4 is 5.91 Å². The summed E-state index contributed by atoms with van der Waals surface area (Å²) in [7, 11) is 0. The predicted octanol–water partition coefficient (Wildman–Crippen LogP) is 2.46.